The third-order valence-electron chi connectivity index (χ3n) is 0.766. The molecule has 0 aromatic carbocycles. The quantitative estimate of drug-likeness (QED) is 0.381. The maximum Gasteiger partial charge on any atom is 0.246 e. The first-order valence-electron chi connectivity index (χ1n) is 2.86. The van der Waals surface area contributed by atoms with Crippen molar-refractivity contribution < 1.29 is 10.0 Å². The van der Waals surface area contributed by atoms with Crippen molar-refractivity contribution in [2.75, 3.05) is 0 Å². The van der Waals surface area contributed by atoms with E-state index in [2.05, 4.69) is 21.4 Å². The summed E-state index contributed by atoms with van der Waals surface area (Å²) in [6.45, 7) is 5.28. The van der Waals surface area contributed by atoms with E-state index >= 15 is 0 Å². The molecule has 0 saturated heterocycles. The summed E-state index contributed by atoms with van der Waals surface area (Å²) in [5.41, 5.74) is 0. The largest absolute Gasteiger partial charge is 0.421 e. The first kappa shape index (κ1) is 12.0. The number of allylic oxidation sites excluding steroid dienone is 1. The van der Waals surface area contributed by atoms with Crippen molar-refractivity contribution in [1.82, 2.24) is 0 Å². The molecule has 4 heteroatoms. The maximum atomic E-state index is 10.3. The Bertz CT molecular complexity index is 114. The summed E-state index contributed by atoms with van der Waals surface area (Å²) in [6, 6.07) is 0. The second-order valence-corrected chi connectivity index (χ2v) is 1.69. The van der Waals surface area contributed by atoms with Crippen molar-refractivity contribution in [3.05, 3.63) is 12.7 Å². The van der Waals surface area contributed by atoms with Crippen LogP contribution in [0.5, 0.6) is 0 Å². The number of nitrogens with zero attached hydrogens (tertiary/aromatic N) is 1. The zero-order valence-corrected chi connectivity index (χ0v) is 7.00. The van der Waals surface area contributed by atoms with Gasteiger partial charge in [-0.2, -0.15) is 4.80 Å². The molecule has 0 amide bonds. The van der Waals surface area contributed by atoms with E-state index < -0.39 is 0 Å². The highest BCUT2D eigenvalue weighted by Crippen LogP contribution is 1.86. The molecule has 0 atom stereocenters. The summed E-state index contributed by atoms with van der Waals surface area (Å²) >= 11 is 0. The van der Waals surface area contributed by atoms with Gasteiger partial charge in [0.15, 0.2) is 0 Å². The number of hydrogen-bond acceptors (Lipinski definition) is 3. The fraction of sp³-hybridized carbons (Fsp3) is 0.500. The molecule has 3 nitrogen and oxygen atoms in total. The average Bonchev–Trinajstić information content (AvgIpc) is 1.90. The molecule has 0 aliphatic rings. The zero-order valence-electron chi connectivity index (χ0n) is 6.00. The number of carbonyl (C=O) groups is 1. The lowest BCUT2D eigenvalue weighted by molar-refractivity contribution is -0.117. The van der Waals surface area contributed by atoms with E-state index in [1.807, 2.05) is 6.92 Å². The molecule has 0 aromatic rings. The molecule has 10 heavy (non-hydrogen) atoms. The van der Waals surface area contributed by atoms with Crippen molar-refractivity contribution in [3.63, 3.8) is 0 Å². The number of hydrogen-bond donors (Lipinski definition) is 1. The van der Waals surface area contributed by atoms with E-state index in [-0.39, 0.29) is 5.78 Å². The van der Waals surface area contributed by atoms with E-state index in [1.54, 1.807) is 6.08 Å². The monoisotopic (exact) mass is 157 g/mol. The summed E-state index contributed by atoms with van der Waals surface area (Å²) in [7, 11) is 2.36. The second kappa shape index (κ2) is 11.1. The van der Waals surface area contributed by atoms with Gasteiger partial charge in [0, 0.05) is 12.8 Å². The van der Waals surface area contributed by atoms with Gasteiger partial charge in [0.25, 0.3) is 0 Å². The zero-order chi connectivity index (χ0) is 8.41. The molecule has 0 heterocycles. The van der Waals surface area contributed by atoms with Crippen molar-refractivity contribution in [2.45, 2.75) is 19.8 Å². The van der Waals surface area contributed by atoms with Crippen LogP contribution in [0.3, 0.4) is 0 Å². The van der Waals surface area contributed by atoms with Gasteiger partial charge in [0.1, 0.15) is 5.78 Å². The van der Waals surface area contributed by atoms with Crippen LogP contribution < -0.4 is 0 Å². The summed E-state index contributed by atoms with van der Waals surface area (Å²) < 4.78 is 0. The van der Waals surface area contributed by atoms with Crippen LogP contribution in [-0.2, 0) is 4.79 Å². The Morgan fingerprint density at radius 2 is 2.30 bits per heavy atom. The summed E-state index contributed by atoms with van der Waals surface area (Å²) in [5.74, 6) is 0.259. The summed E-state index contributed by atoms with van der Waals surface area (Å²) in [4.78, 5) is 12.6. The van der Waals surface area contributed by atoms with Gasteiger partial charge in [-0.25, -0.2) is 0 Å². The Labute approximate surface area is 63.9 Å². The minimum absolute atomic E-state index is 0.259. The van der Waals surface area contributed by atoms with Gasteiger partial charge in [-0.1, -0.05) is 13.0 Å². The lowest BCUT2D eigenvalue weighted by Crippen LogP contribution is -1.89. The van der Waals surface area contributed by atoms with Crippen LogP contribution in [0.2, 0.25) is 0 Å². The molecular formula is C6H11NO2Si. The predicted octanol–water partition coefficient (Wildman–Crippen LogP) is 1.27. The first-order chi connectivity index (χ1) is 4.72. The minimum atomic E-state index is 0.259. The van der Waals surface area contributed by atoms with Crippen LogP contribution >= 0.6 is 0 Å². The molecular weight excluding hydrogens is 146 g/mol. The molecule has 0 aromatic heterocycles. The van der Waals surface area contributed by atoms with Gasteiger partial charge in [-0.15, -0.1) is 6.58 Å². The highest BCUT2D eigenvalue weighted by atomic mass is 28.1. The Morgan fingerprint density at radius 1 is 1.90 bits per heavy atom. The van der Waals surface area contributed by atoms with E-state index in [1.165, 1.54) is 0 Å². The van der Waals surface area contributed by atoms with E-state index in [9.17, 15) is 4.79 Å². The van der Waals surface area contributed by atoms with Crippen molar-refractivity contribution in [1.29, 1.82) is 0 Å². The molecule has 0 unspecified atom stereocenters. The highest BCUT2D eigenvalue weighted by Gasteiger charge is 1.89. The van der Waals surface area contributed by atoms with Crippen LogP contribution in [0, 0.1) is 0 Å². The Hall–Kier alpha value is -0.773. The van der Waals surface area contributed by atoms with Crippen LogP contribution in [0.1, 0.15) is 19.8 Å². The van der Waals surface area contributed by atoms with E-state index in [4.69, 9.17) is 5.21 Å². The van der Waals surface area contributed by atoms with Gasteiger partial charge >= 0.3 is 0 Å². The Balaban J connectivity index is 0. The van der Waals surface area contributed by atoms with E-state index in [0.717, 1.165) is 0 Å². The molecule has 0 bridgehead atoms. The molecule has 1 N–H and O–H groups in total. The third-order valence-corrected chi connectivity index (χ3v) is 0.766. The standard InChI is InChI=1S/C6H10O.HNOSi/c1-3-5-6(7)4-2;2-1-3/h3H,1,4-5H2,2H3;2H. The number of Topliss-reactive ketones (excluding diaryl/α,β-unsaturated/α-hetero) is 1. The lowest BCUT2D eigenvalue weighted by Gasteiger charge is -1.83. The highest BCUT2D eigenvalue weighted by molar-refractivity contribution is 5.91. The second-order valence-electron chi connectivity index (χ2n) is 1.49. The molecule has 2 radical (unpaired) electrons. The molecule has 0 aliphatic carbocycles. The van der Waals surface area contributed by atoms with Crippen LogP contribution in [0.25, 0.3) is 0 Å². The van der Waals surface area contributed by atoms with Gasteiger partial charge in [-0.3, -0.25) is 4.79 Å². The smallest absolute Gasteiger partial charge is 0.246 e. The molecule has 0 spiro atoms. The van der Waals surface area contributed by atoms with Gasteiger partial charge in [-0.05, 0) is 0 Å². The van der Waals surface area contributed by atoms with Crippen molar-refractivity contribution in [2.24, 2.45) is 4.80 Å². The number of ketones is 1. The lowest BCUT2D eigenvalue weighted by atomic mass is 10.2. The number of carbonyl (C=O) groups excluding carboxylic acids is 1. The van der Waals surface area contributed by atoms with Crippen molar-refractivity contribution >= 4 is 15.8 Å². The Kier molecular flexibility index (Phi) is 13.3. The molecule has 0 fully saturated rings. The van der Waals surface area contributed by atoms with Gasteiger partial charge < -0.3 is 5.21 Å². The fourth-order valence-corrected chi connectivity index (χ4v) is 0.305. The van der Waals surface area contributed by atoms with Gasteiger partial charge in [0.2, 0.25) is 10.0 Å². The number of rotatable bonds is 3. The molecule has 0 saturated carbocycles. The van der Waals surface area contributed by atoms with E-state index in [0.29, 0.717) is 12.8 Å². The van der Waals surface area contributed by atoms with Crippen LogP contribution in [0.4, 0.5) is 0 Å². The SMILES string of the molecule is C=CCC(=O)CC.ON=[Si]. The Morgan fingerprint density at radius 3 is 2.40 bits per heavy atom. The summed E-state index contributed by atoms with van der Waals surface area (Å²) in [5, 5.41) is 7.11. The fourth-order valence-electron chi connectivity index (χ4n) is 0.305. The molecule has 56 valence electrons. The normalized spacial score (nSPS) is 6.90. The van der Waals surface area contributed by atoms with Crippen molar-refractivity contribution in [3.8, 4) is 0 Å². The minimum Gasteiger partial charge on any atom is -0.421 e. The molecule has 0 aliphatic heterocycles. The molecule has 0 rings (SSSR count). The summed E-state index contributed by atoms with van der Waals surface area (Å²) in [6.07, 6.45) is 2.79. The third kappa shape index (κ3) is 15.7. The maximum absolute atomic E-state index is 10.3. The average molecular weight is 157 g/mol. The first-order valence-corrected chi connectivity index (χ1v) is 3.31. The van der Waals surface area contributed by atoms with Crippen LogP contribution in [-0.4, -0.2) is 21.0 Å². The van der Waals surface area contributed by atoms with Gasteiger partial charge in [0.05, 0.1) is 0 Å². The topological polar surface area (TPSA) is 49.7 Å². The predicted molar refractivity (Wildman–Crippen MR) is 40.1 cm³/mol. The van der Waals surface area contributed by atoms with Crippen LogP contribution in [0.15, 0.2) is 17.5 Å².